The van der Waals surface area contributed by atoms with Crippen LogP contribution in [0.1, 0.15) is 18.4 Å². The Hall–Kier alpha value is -2.57. The van der Waals surface area contributed by atoms with Crippen LogP contribution in [-0.2, 0) is 19.1 Å². The molecular formula is C19H18Cl2N2O4. The van der Waals surface area contributed by atoms with E-state index in [1.165, 1.54) is 0 Å². The van der Waals surface area contributed by atoms with Gasteiger partial charge in [-0.3, -0.25) is 14.4 Å². The number of halogens is 2. The molecule has 0 aromatic heterocycles. The molecule has 0 spiro atoms. The van der Waals surface area contributed by atoms with Gasteiger partial charge in [0, 0.05) is 12.1 Å². The molecule has 2 amide bonds. The van der Waals surface area contributed by atoms with E-state index in [4.69, 9.17) is 27.9 Å². The Kier molecular flexibility index (Phi) is 7.64. The molecule has 2 rings (SSSR count). The Morgan fingerprint density at radius 2 is 1.56 bits per heavy atom. The van der Waals surface area contributed by atoms with Gasteiger partial charge in [-0.05, 0) is 30.7 Å². The van der Waals surface area contributed by atoms with Crippen LogP contribution in [0.3, 0.4) is 0 Å². The number of anilines is 2. The average molecular weight is 409 g/mol. The molecule has 27 heavy (non-hydrogen) atoms. The predicted molar refractivity (Wildman–Crippen MR) is 105 cm³/mol. The van der Waals surface area contributed by atoms with Gasteiger partial charge < -0.3 is 15.4 Å². The van der Waals surface area contributed by atoms with Crippen molar-refractivity contribution in [2.45, 2.75) is 19.8 Å². The first-order chi connectivity index (χ1) is 12.9. The van der Waals surface area contributed by atoms with Crippen LogP contribution in [0.4, 0.5) is 11.4 Å². The lowest BCUT2D eigenvalue weighted by Crippen LogP contribution is -2.22. The molecule has 0 aliphatic carbocycles. The average Bonchev–Trinajstić information content (AvgIpc) is 2.64. The summed E-state index contributed by atoms with van der Waals surface area (Å²) in [6, 6.07) is 12.1. The van der Waals surface area contributed by atoms with E-state index < -0.39 is 18.5 Å². The topological polar surface area (TPSA) is 84.5 Å². The van der Waals surface area contributed by atoms with Gasteiger partial charge in [-0.15, -0.1) is 0 Å². The number of ether oxygens (including phenoxy) is 1. The SMILES string of the molecule is Cc1ccccc1NC(=O)CCC(=O)OCC(=O)Nc1cccc(Cl)c1Cl. The number of esters is 1. The van der Waals surface area contributed by atoms with E-state index in [1.54, 1.807) is 24.3 Å². The van der Waals surface area contributed by atoms with E-state index in [2.05, 4.69) is 10.6 Å². The first-order valence-corrected chi connectivity index (χ1v) is 8.87. The van der Waals surface area contributed by atoms with Gasteiger partial charge in [0.25, 0.3) is 5.91 Å². The summed E-state index contributed by atoms with van der Waals surface area (Å²) in [5, 5.41) is 5.72. The Morgan fingerprint density at radius 1 is 0.889 bits per heavy atom. The molecule has 0 fully saturated rings. The number of rotatable bonds is 7. The van der Waals surface area contributed by atoms with Crippen molar-refractivity contribution in [3.63, 3.8) is 0 Å². The zero-order valence-corrected chi connectivity index (χ0v) is 16.1. The number of hydrogen-bond acceptors (Lipinski definition) is 4. The quantitative estimate of drug-likeness (QED) is 0.672. The number of hydrogen-bond donors (Lipinski definition) is 2. The molecule has 0 atom stereocenters. The summed E-state index contributed by atoms with van der Waals surface area (Å²) in [5.74, 6) is -1.52. The molecule has 2 N–H and O–H groups in total. The van der Waals surface area contributed by atoms with Crippen LogP contribution in [0.15, 0.2) is 42.5 Å². The second kappa shape index (κ2) is 9.94. The van der Waals surface area contributed by atoms with Crippen LogP contribution in [0.25, 0.3) is 0 Å². The molecule has 6 nitrogen and oxygen atoms in total. The maximum absolute atomic E-state index is 11.9. The minimum atomic E-state index is -0.651. The van der Waals surface area contributed by atoms with Crippen molar-refractivity contribution < 1.29 is 19.1 Å². The summed E-state index contributed by atoms with van der Waals surface area (Å²) >= 11 is 11.8. The van der Waals surface area contributed by atoms with Crippen LogP contribution in [0.2, 0.25) is 10.0 Å². The summed E-state index contributed by atoms with van der Waals surface area (Å²) in [5.41, 5.74) is 1.93. The summed E-state index contributed by atoms with van der Waals surface area (Å²) in [4.78, 5) is 35.4. The number of nitrogens with one attached hydrogen (secondary N) is 2. The van der Waals surface area contributed by atoms with Crippen LogP contribution in [-0.4, -0.2) is 24.4 Å². The molecule has 0 aliphatic heterocycles. The van der Waals surface area contributed by atoms with Gasteiger partial charge in [-0.1, -0.05) is 47.5 Å². The van der Waals surface area contributed by atoms with E-state index in [0.717, 1.165) is 5.56 Å². The second-order valence-corrected chi connectivity index (χ2v) is 6.46. The molecule has 0 heterocycles. The number of carbonyl (C=O) groups is 3. The lowest BCUT2D eigenvalue weighted by Gasteiger charge is -2.09. The zero-order chi connectivity index (χ0) is 19.8. The fraction of sp³-hybridized carbons (Fsp3) is 0.211. The fourth-order valence-electron chi connectivity index (χ4n) is 2.15. The Bertz CT molecular complexity index is 855. The lowest BCUT2D eigenvalue weighted by molar-refractivity contribution is -0.147. The largest absolute Gasteiger partial charge is 0.456 e. The van der Waals surface area contributed by atoms with Crippen LogP contribution in [0, 0.1) is 6.92 Å². The van der Waals surface area contributed by atoms with Crippen LogP contribution < -0.4 is 10.6 Å². The molecule has 0 bridgehead atoms. The summed E-state index contributed by atoms with van der Waals surface area (Å²) in [6.45, 7) is 1.38. The van der Waals surface area contributed by atoms with Gasteiger partial charge >= 0.3 is 5.97 Å². The second-order valence-electron chi connectivity index (χ2n) is 5.67. The minimum absolute atomic E-state index is 0.0467. The summed E-state index contributed by atoms with van der Waals surface area (Å²) in [6.07, 6.45) is -0.183. The third kappa shape index (κ3) is 6.58. The Labute approximate surface area is 166 Å². The predicted octanol–water partition coefficient (Wildman–Crippen LogP) is 4.20. The summed E-state index contributed by atoms with van der Waals surface area (Å²) < 4.78 is 4.86. The zero-order valence-electron chi connectivity index (χ0n) is 14.6. The van der Waals surface area contributed by atoms with Crippen LogP contribution in [0.5, 0.6) is 0 Å². The standard InChI is InChI=1S/C19H18Cl2N2O4/c1-12-5-2-3-7-14(12)22-16(24)9-10-18(26)27-11-17(25)23-15-8-4-6-13(20)19(15)21/h2-8H,9-11H2,1H3,(H,22,24)(H,23,25). The van der Waals surface area contributed by atoms with Crippen molar-refractivity contribution in [1.82, 2.24) is 0 Å². The van der Waals surface area contributed by atoms with Crippen molar-refractivity contribution in [1.29, 1.82) is 0 Å². The highest BCUT2D eigenvalue weighted by Crippen LogP contribution is 2.29. The van der Waals surface area contributed by atoms with E-state index in [0.29, 0.717) is 16.4 Å². The monoisotopic (exact) mass is 408 g/mol. The smallest absolute Gasteiger partial charge is 0.306 e. The third-order valence-corrected chi connectivity index (χ3v) is 4.38. The molecular weight excluding hydrogens is 391 g/mol. The van der Waals surface area contributed by atoms with Crippen molar-refractivity contribution in [2.24, 2.45) is 0 Å². The Morgan fingerprint density at radius 3 is 2.30 bits per heavy atom. The van der Waals surface area contributed by atoms with Gasteiger partial charge in [-0.25, -0.2) is 0 Å². The molecule has 2 aromatic rings. The molecule has 0 saturated heterocycles. The van der Waals surface area contributed by atoms with E-state index in [9.17, 15) is 14.4 Å². The van der Waals surface area contributed by atoms with E-state index in [-0.39, 0.29) is 23.8 Å². The minimum Gasteiger partial charge on any atom is -0.456 e. The van der Waals surface area contributed by atoms with Crippen molar-refractivity contribution in [3.8, 4) is 0 Å². The molecule has 0 aliphatic rings. The molecule has 2 aromatic carbocycles. The molecule has 8 heteroatoms. The highest BCUT2D eigenvalue weighted by molar-refractivity contribution is 6.44. The first-order valence-electron chi connectivity index (χ1n) is 8.12. The number of carbonyl (C=O) groups excluding carboxylic acids is 3. The normalized spacial score (nSPS) is 10.2. The van der Waals surface area contributed by atoms with Gasteiger partial charge in [0.1, 0.15) is 0 Å². The van der Waals surface area contributed by atoms with Crippen molar-refractivity contribution in [2.75, 3.05) is 17.2 Å². The molecule has 142 valence electrons. The summed E-state index contributed by atoms with van der Waals surface area (Å²) in [7, 11) is 0. The van der Waals surface area contributed by atoms with Crippen molar-refractivity contribution >= 4 is 52.4 Å². The maximum Gasteiger partial charge on any atom is 0.306 e. The lowest BCUT2D eigenvalue weighted by atomic mass is 10.2. The molecule has 0 radical (unpaired) electrons. The van der Waals surface area contributed by atoms with Gasteiger partial charge in [0.15, 0.2) is 6.61 Å². The molecule has 0 unspecified atom stereocenters. The fourth-order valence-corrected chi connectivity index (χ4v) is 2.49. The van der Waals surface area contributed by atoms with E-state index in [1.807, 2.05) is 25.1 Å². The number of aryl methyl sites for hydroxylation is 1. The van der Waals surface area contributed by atoms with Gasteiger partial charge in [0.05, 0.1) is 22.2 Å². The number of amides is 2. The van der Waals surface area contributed by atoms with Crippen molar-refractivity contribution in [3.05, 3.63) is 58.1 Å². The van der Waals surface area contributed by atoms with Gasteiger partial charge in [0.2, 0.25) is 5.91 Å². The Balaban J connectivity index is 1.72. The highest BCUT2D eigenvalue weighted by Gasteiger charge is 2.13. The maximum atomic E-state index is 11.9. The molecule has 0 saturated carbocycles. The highest BCUT2D eigenvalue weighted by atomic mass is 35.5. The van der Waals surface area contributed by atoms with Crippen LogP contribution >= 0.6 is 23.2 Å². The van der Waals surface area contributed by atoms with E-state index >= 15 is 0 Å². The third-order valence-electron chi connectivity index (χ3n) is 3.57. The number of benzene rings is 2. The first kappa shape index (κ1) is 20.7. The number of para-hydroxylation sites is 1. The van der Waals surface area contributed by atoms with Gasteiger partial charge in [-0.2, -0.15) is 0 Å².